The van der Waals surface area contributed by atoms with E-state index in [-0.39, 0.29) is 6.61 Å². The van der Waals surface area contributed by atoms with E-state index in [1.54, 1.807) is 6.92 Å². The summed E-state index contributed by atoms with van der Waals surface area (Å²) in [7, 11) is 0. The lowest BCUT2D eigenvalue weighted by Crippen LogP contribution is -2.41. The lowest BCUT2D eigenvalue weighted by molar-refractivity contribution is -0.135. The molecule has 3 atom stereocenters. The fourth-order valence-electron chi connectivity index (χ4n) is 0.738. The van der Waals surface area contributed by atoms with Crippen LogP contribution in [-0.2, 0) is 9.53 Å². The normalized spacial score (nSPS) is 18.3. The quantitative estimate of drug-likeness (QED) is 0.422. The van der Waals surface area contributed by atoms with Gasteiger partial charge >= 0.3 is 0 Å². The number of aliphatic hydroxyl groups is 3. The fourth-order valence-corrected chi connectivity index (χ4v) is 0.738. The van der Waals surface area contributed by atoms with Crippen LogP contribution in [0, 0.1) is 0 Å². The van der Waals surface area contributed by atoms with Gasteiger partial charge in [-0.25, -0.2) is 0 Å². The highest BCUT2D eigenvalue weighted by atomic mass is 16.5. The predicted octanol–water partition coefficient (Wildman–Crippen LogP) is -1.70. The Morgan fingerprint density at radius 1 is 1.50 bits per heavy atom. The third-order valence-corrected chi connectivity index (χ3v) is 1.41. The molecule has 0 aromatic rings. The molecule has 0 aliphatic carbocycles. The highest BCUT2D eigenvalue weighted by molar-refractivity contribution is 5.57. The molecule has 5 heteroatoms. The number of carbonyl (C=O) groups excluding carboxylic acids is 1. The molecule has 5 nitrogen and oxygen atoms in total. The molecule has 0 aromatic heterocycles. The standard InChI is InChI=1S/C7H14O5/c1-2-12-6(4-9)7(11)5(10)3-8/h4-8,10-11H,2-3H2,1H3/t5-,6+,7-/m1/s1. The third-order valence-electron chi connectivity index (χ3n) is 1.41. The Hall–Kier alpha value is -0.490. The van der Waals surface area contributed by atoms with Gasteiger partial charge in [0.2, 0.25) is 0 Å². The average molecular weight is 178 g/mol. The SMILES string of the molecule is CCO[C@@H](C=O)[C@H](O)[C@H](O)CO. The topological polar surface area (TPSA) is 87.0 Å². The molecule has 0 fully saturated rings. The third kappa shape index (κ3) is 3.27. The molecule has 0 spiro atoms. The van der Waals surface area contributed by atoms with Crippen LogP contribution in [0.2, 0.25) is 0 Å². The van der Waals surface area contributed by atoms with E-state index in [9.17, 15) is 4.79 Å². The number of hydrogen-bond donors (Lipinski definition) is 3. The summed E-state index contributed by atoms with van der Waals surface area (Å²) in [5.41, 5.74) is 0. The summed E-state index contributed by atoms with van der Waals surface area (Å²) in [6, 6.07) is 0. The van der Waals surface area contributed by atoms with Gasteiger partial charge in [-0.3, -0.25) is 0 Å². The Bertz CT molecular complexity index is 127. The van der Waals surface area contributed by atoms with Crippen molar-refractivity contribution in [3.63, 3.8) is 0 Å². The van der Waals surface area contributed by atoms with E-state index in [1.807, 2.05) is 0 Å². The average Bonchev–Trinajstić information content (AvgIpc) is 2.11. The Kier molecular flexibility index (Phi) is 5.83. The van der Waals surface area contributed by atoms with Crippen molar-refractivity contribution in [2.24, 2.45) is 0 Å². The first kappa shape index (κ1) is 11.5. The highest BCUT2D eigenvalue weighted by Gasteiger charge is 2.25. The number of ether oxygens (including phenoxy) is 1. The maximum Gasteiger partial charge on any atom is 0.151 e. The van der Waals surface area contributed by atoms with Crippen molar-refractivity contribution in [3.05, 3.63) is 0 Å². The van der Waals surface area contributed by atoms with E-state index < -0.39 is 24.9 Å². The largest absolute Gasteiger partial charge is 0.394 e. The zero-order valence-corrected chi connectivity index (χ0v) is 6.88. The number of hydrogen-bond acceptors (Lipinski definition) is 5. The van der Waals surface area contributed by atoms with Crippen LogP contribution < -0.4 is 0 Å². The number of carbonyl (C=O) groups is 1. The van der Waals surface area contributed by atoms with Crippen molar-refractivity contribution in [3.8, 4) is 0 Å². The number of rotatable bonds is 6. The zero-order chi connectivity index (χ0) is 9.56. The van der Waals surface area contributed by atoms with Gasteiger partial charge in [-0.15, -0.1) is 0 Å². The van der Waals surface area contributed by atoms with Crippen LogP contribution in [-0.4, -0.2) is 53.1 Å². The molecule has 0 amide bonds. The molecule has 12 heavy (non-hydrogen) atoms. The van der Waals surface area contributed by atoms with Crippen molar-refractivity contribution >= 4 is 6.29 Å². The highest BCUT2D eigenvalue weighted by Crippen LogP contribution is 2.01. The van der Waals surface area contributed by atoms with Gasteiger partial charge in [0.1, 0.15) is 18.3 Å². The van der Waals surface area contributed by atoms with Crippen LogP contribution in [0.3, 0.4) is 0 Å². The Labute approximate surface area is 70.6 Å². The molecule has 0 unspecified atom stereocenters. The predicted molar refractivity (Wildman–Crippen MR) is 40.6 cm³/mol. The molecule has 0 aliphatic rings. The molecule has 0 aliphatic heterocycles. The van der Waals surface area contributed by atoms with Gasteiger partial charge in [-0.05, 0) is 6.92 Å². The van der Waals surface area contributed by atoms with Gasteiger partial charge in [0.25, 0.3) is 0 Å². The lowest BCUT2D eigenvalue weighted by Gasteiger charge is -2.20. The Morgan fingerprint density at radius 2 is 2.08 bits per heavy atom. The first-order valence-corrected chi connectivity index (χ1v) is 3.71. The summed E-state index contributed by atoms with van der Waals surface area (Å²) >= 11 is 0. The van der Waals surface area contributed by atoms with E-state index in [1.165, 1.54) is 0 Å². The minimum atomic E-state index is -1.37. The first-order valence-electron chi connectivity index (χ1n) is 3.71. The van der Waals surface area contributed by atoms with Crippen LogP contribution >= 0.6 is 0 Å². The molecule has 72 valence electrons. The van der Waals surface area contributed by atoms with E-state index in [4.69, 9.17) is 20.1 Å². The Morgan fingerprint density at radius 3 is 2.42 bits per heavy atom. The molecular formula is C7H14O5. The van der Waals surface area contributed by atoms with E-state index >= 15 is 0 Å². The van der Waals surface area contributed by atoms with Crippen LogP contribution in [0.4, 0.5) is 0 Å². The van der Waals surface area contributed by atoms with Gasteiger partial charge in [-0.2, -0.15) is 0 Å². The van der Waals surface area contributed by atoms with Crippen molar-refractivity contribution in [1.29, 1.82) is 0 Å². The van der Waals surface area contributed by atoms with E-state index in [0.29, 0.717) is 6.29 Å². The minimum absolute atomic E-state index is 0.263. The summed E-state index contributed by atoms with van der Waals surface area (Å²) < 4.78 is 4.79. The van der Waals surface area contributed by atoms with Gasteiger partial charge < -0.3 is 24.9 Å². The summed E-state index contributed by atoms with van der Waals surface area (Å²) in [5.74, 6) is 0. The second kappa shape index (κ2) is 6.07. The molecule has 0 saturated carbocycles. The van der Waals surface area contributed by atoms with Gasteiger partial charge in [0, 0.05) is 6.61 Å². The number of aliphatic hydroxyl groups excluding tert-OH is 3. The second-order valence-corrected chi connectivity index (χ2v) is 2.30. The summed E-state index contributed by atoms with van der Waals surface area (Å²) in [6.45, 7) is 1.33. The minimum Gasteiger partial charge on any atom is -0.394 e. The smallest absolute Gasteiger partial charge is 0.151 e. The second-order valence-electron chi connectivity index (χ2n) is 2.30. The lowest BCUT2D eigenvalue weighted by atomic mass is 10.1. The van der Waals surface area contributed by atoms with Crippen molar-refractivity contribution < 1.29 is 24.9 Å². The van der Waals surface area contributed by atoms with Crippen LogP contribution in [0.15, 0.2) is 0 Å². The molecule has 3 N–H and O–H groups in total. The van der Waals surface area contributed by atoms with E-state index in [2.05, 4.69) is 0 Å². The summed E-state index contributed by atoms with van der Waals surface area (Å²) in [5, 5.41) is 26.5. The molecule has 0 saturated heterocycles. The summed E-state index contributed by atoms with van der Waals surface area (Å²) in [4.78, 5) is 10.3. The monoisotopic (exact) mass is 178 g/mol. The number of aldehydes is 1. The maximum absolute atomic E-state index is 10.3. The maximum atomic E-state index is 10.3. The first-order chi connectivity index (χ1) is 5.67. The van der Waals surface area contributed by atoms with E-state index in [0.717, 1.165) is 0 Å². The zero-order valence-electron chi connectivity index (χ0n) is 6.88. The van der Waals surface area contributed by atoms with Crippen LogP contribution in [0.5, 0.6) is 0 Å². The molecule has 0 heterocycles. The van der Waals surface area contributed by atoms with Crippen LogP contribution in [0.25, 0.3) is 0 Å². The fraction of sp³-hybridized carbons (Fsp3) is 0.857. The Balaban J connectivity index is 4.00. The van der Waals surface area contributed by atoms with Crippen molar-refractivity contribution in [2.75, 3.05) is 13.2 Å². The van der Waals surface area contributed by atoms with Gasteiger partial charge in [0.05, 0.1) is 6.61 Å². The van der Waals surface area contributed by atoms with Gasteiger partial charge in [0.15, 0.2) is 6.29 Å². The van der Waals surface area contributed by atoms with Crippen molar-refractivity contribution in [2.45, 2.75) is 25.2 Å². The summed E-state index contributed by atoms with van der Waals surface area (Å²) in [6.07, 6.45) is -3.39. The van der Waals surface area contributed by atoms with Crippen molar-refractivity contribution in [1.82, 2.24) is 0 Å². The molecule has 0 bridgehead atoms. The molecule has 0 rings (SSSR count). The molecule has 0 aromatic carbocycles. The van der Waals surface area contributed by atoms with Crippen LogP contribution in [0.1, 0.15) is 6.92 Å². The molecular weight excluding hydrogens is 164 g/mol. The van der Waals surface area contributed by atoms with Gasteiger partial charge in [-0.1, -0.05) is 0 Å². The molecule has 0 radical (unpaired) electrons.